The highest BCUT2D eigenvalue weighted by molar-refractivity contribution is 5.36. The Kier molecular flexibility index (Phi) is 3.99. The van der Waals surface area contributed by atoms with Crippen LogP contribution in [0.3, 0.4) is 0 Å². The van der Waals surface area contributed by atoms with Crippen molar-refractivity contribution in [1.82, 2.24) is 0 Å². The van der Waals surface area contributed by atoms with Crippen molar-refractivity contribution in [2.45, 2.75) is 25.7 Å². The lowest BCUT2D eigenvalue weighted by molar-refractivity contribution is -0.0509. The summed E-state index contributed by atoms with van der Waals surface area (Å²) in [5, 5.41) is 9.26. The van der Waals surface area contributed by atoms with Crippen molar-refractivity contribution in [1.29, 1.82) is 0 Å². The first-order valence-electron chi connectivity index (χ1n) is 4.49. The summed E-state index contributed by atoms with van der Waals surface area (Å²) < 4.78 is 28.4. The summed E-state index contributed by atoms with van der Waals surface area (Å²) in [4.78, 5) is 0. The summed E-state index contributed by atoms with van der Waals surface area (Å²) in [6.07, 6.45) is -0.826. The van der Waals surface area contributed by atoms with Crippen LogP contribution in [0.1, 0.15) is 18.5 Å². The van der Waals surface area contributed by atoms with Gasteiger partial charge in [-0.3, -0.25) is 0 Å². The zero-order valence-electron chi connectivity index (χ0n) is 8.23. The number of nitrogens with two attached hydrogens (primary N) is 1. The minimum atomic E-state index is -2.90. The Hall–Kier alpha value is -1.20. The number of hydrogen-bond donors (Lipinski definition) is 2. The molecule has 0 saturated heterocycles. The number of aliphatic hydroxyl groups excluding tert-OH is 1. The van der Waals surface area contributed by atoms with Crippen molar-refractivity contribution in [2.24, 2.45) is 5.73 Å². The fourth-order valence-electron chi connectivity index (χ4n) is 1.22. The van der Waals surface area contributed by atoms with Crippen LogP contribution in [0.25, 0.3) is 0 Å². The van der Waals surface area contributed by atoms with Crippen molar-refractivity contribution in [3.8, 4) is 5.75 Å². The number of benzene rings is 1. The van der Waals surface area contributed by atoms with Crippen LogP contribution in [0, 0.1) is 0 Å². The molecule has 0 aliphatic rings. The molecule has 5 heteroatoms. The molecule has 1 unspecified atom stereocenters. The number of hydrogen-bond acceptors (Lipinski definition) is 3. The topological polar surface area (TPSA) is 55.5 Å². The smallest absolute Gasteiger partial charge is 0.387 e. The summed E-state index contributed by atoms with van der Waals surface area (Å²) in [5.41, 5.74) is 6.01. The first-order valence-corrected chi connectivity index (χ1v) is 4.49. The van der Waals surface area contributed by atoms with Gasteiger partial charge >= 0.3 is 6.61 Å². The monoisotopic (exact) mass is 217 g/mol. The Bertz CT molecular complexity index is 318. The third-order valence-electron chi connectivity index (χ3n) is 2.01. The number of para-hydroxylation sites is 1. The maximum absolute atomic E-state index is 12.0. The van der Waals surface area contributed by atoms with Crippen LogP contribution >= 0.6 is 0 Å². The fourth-order valence-corrected chi connectivity index (χ4v) is 1.22. The molecule has 3 N–H and O–H groups in total. The molecular weight excluding hydrogens is 204 g/mol. The van der Waals surface area contributed by atoms with Gasteiger partial charge in [0.2, 0.25) is 0 Å². The van der Waals surface area contributed by atoms with Gasteiger partial charge in [0, 0.05) is 5.56 Å². The van der Waals surface area contributed by atoms with Gasteiger partial charge in [-0.25, -0.2) is 0 Å². The minimum absolute atomic E-state index is 0.000833. The number of alkyl halides is 2. The van der Waals surface area contributed by atoms with Crippen LogP contribution in [0.4, 0.5) is 8.78 Å². The fraction of sp³-hybridized carbons (Fsp3) is 0.400. The van der Waals surface area contributed by atoms with E-state index in [2.05, 4.69) is 4.74 Å². The van der Waals surface area contributed by atoms with Crippen LogP contribution in [0.2, 0.25) is 0 Å². The van der Waals surface area contributed by atoms with Gasteiger partial charge in [0.25, 0.3) is 0 Å². The summed E-state index contributed by atoms with van der Waals surface area (Å²) >= 11 is 0. The van der Waals surface area contributed by atoms with E-state index in [-0.39, 0.29) is 5.75 Å². The van der Waals surface area contributed by atoms with Crippen LogP contribution in [0.15, 0.2) is 24.3 Å². The maximum Gasteiger partial charge on any atom is 0.387 e. The molecule has 0 heterocycles. The first-order chi connectivity index (χ1) is 7.02. The Morgan fingerprint density at radius 2 is 1.93 bits per heavy atom. The molecule has 0 aliphatic heterocycles. The third kappa shape index (κ3) is 3.14. The second kappa shape index (κ2) is 5.04. The normalized spacial score (nSPS) is 15.1. The van der Waals surface area contributed by atoms with Gasteiger partial charge in [-0.15, -0.1) is 0 Å². The van der Waals surface area contributed by atoms with E-state index in [9.17, 15) is 13.9 Å². The third-order valence-corrected chi connectivity index (χ3v) is 2.01. The summed E-state index contributed by atoms with van der Waals surface area (Å²) in [6, 6.07) is 5.42. The van der Waals surface area contributed by atoms with E-state index in [1.165, 1.54) is 13.0 Å². The highest BCUT2D eigenvalue weighted by Gasteiger charge is 2.18. The van der Waals surface area contributed by atoms with E-state index in [4.69, 9.17) is 5.73 Å². The van der Waals surface area contributed by atoms with Crippen molar-refractivity contribution in [3.63, 3.8) is 0 Å². The predicted octanol–water partition coefficient (Wildman–Crippen LogP) is 1.67. The summed E-state index contributed by atoms with van der Waals surface area (Å²) in [6.45, 7) is -1.41. The zero-order valence-corrected chi connectivity index (χ0v) is 8.23. The lowest BCUT2D eigenvalue weighted by Crippen LogP contribution is -2.24. The molecule has 0 radical (unpaired) electrons. The molecule has 0 spiro atoms. The second-order valence-electron chi connectivity index (χ2n) is 3.18. The predicted molar refractivity (Wildman–Crippen MR) is 51.7 cm³/mol. The van der Waals surface area contributed by atoms with E-state index in [0.29, 0.717) is 5.56 Å². The molecule has 0 bridgehead atoms. The molecule has 2 atom stereocenters. The molecule has 0 amide bonds. The average molecular weight is 217 g/mol. The SMILES string of the molecule is CC(O)[C@@H](N)c1ccccc1OC(F)F. The highest BCUT2D eigenvalue weighted by Crippen LogP contribution is 2.26. The maximum atomic E-state index is 12.0. The van der Waals surface area contributed by atoms with Gasteiger partial charge < -0.3 is 15.6 Å². The first kappa shape index (κ1) is 11.9. The molecule has 0 aromatic heterocycles. The number of halogens is 2. The van der Waals surface area contributed by atoms with Gasteiger partial charge in [-0.05, 0) is 13.0 Å². The number of aliphatic hydroxyl groups is 1. The van der Waals surface area contributed by atoms with Gasteiger partial charge in [-0.1, -0.05) is 18.2 Å². The molecule has 0 aliphatic carbocycles. The standard InChI is InChI=1S/C10H13F2NO2/c1-6(14)9(13)7-4-2-3-5-8(7)15-10(11)12/h2-6,9-10,14H,13H2,1H3/t6?,9-/m1/s1. The molecule has 1 aromatic rings. The van der Waals surface area contributed by atoms with E-state index in [1.807, 2.05) is 0 Å². The Morgan fingerprint density at radius 3 is 2.47 bits per heavy atom. The van der Waals surface area contributed by atoms with Gasteiger partial charge in [0.15, 0.2) is 0 Å². The van der Waals surface area contributed by atoms with E-state index < -0.39 is 18.8 Å². The lowest BCUT2D eigenvalue weighted by atomic mass is 10.0. The molecule has 84 valence electrons. The zero-order chi connectivity index (χ0) is 11.4. The van der Waals surface area contributed by atoms with Crippen molar-refractivity contribution >= 4 is 0 Å². The van der Waals surface area contributed by atoms with Gasteiger partial charge in [0.1, 0.15) is 5.75 Å². The van der Waals surface area contributed by atoms with E-state index in [0.717, 1.165) is 0 Å². The van der Waals surface area contributed by atoms with Crippen molar-refractivity contribution in [3.05, 3.63) is 29.8 Å². The van der Waals surface area contributed by atoms with Gasteiger partial charge in [0.05, 0.1) is 12.1 Å². The number of ether oxygens (including phenoxy) is 1. The molecular formula is C10H13F2NO2. The van der Waals surface area contributed by atoms with Crippen molar-refractivity contribution in [2.75, 3.05) is 0 Å². The highest BCUT2D eigenvalue weighted by atomic mass is 19.3. The van der Waals surface area contributed by atoms with E-state index >= 15 is 0 Å². The van der Waals surface area contributed by atoms with E-state index in [1.54, 1.807) is 18.2 Å². The van der Waals surface area contributed by atoms with Crippen LogP contribution < -0.4 is 10.5 Å². The Balaban J connectivity index is 2.95. The quantitative estimate of drug-likeness (QED) is 0.806. The Labute approximate surface area is 86.5 Å². The molecule has 0 saturated carbocycles. The molecule has 0 fully saturated rings. The average Bonchev–Trinajstić information content (AvgIpc) is 2.16. The van der Waals surface area contributed by atoms with Crippen LogP contribution in [-0.2, 0) is 0 Å². The summed E-state index contributed by atoms with van der Waals surface area (Å²) in [7, 11) is 0. The second-order valence-corrected chi connectivity index (χ2v) is 3.18. The molecule has 1 aromatic carbocycles. The molecule has 3 nitrogen and oxygen atoms in total. The van der Waals surface area contributed by atoms with Crippen LogP contribution in [-0.4, -0.2) is 17.8 Å². The molecule has 15 heavy (non-hydrogen) atoms. The van der Waals surface area contributed by atoms with Gasteiger partial charge in [-0.2, -0.15) is 8.78 Å². The Morgan fingerprint density at radius 1 is 1.33 bits per heavy atom. The molecule has 1 rings (SSSR count). The lowest BCUT2D eigenvalue weighted by Gasteiger charge is -2.18. The minimum Gasteiger partial charge on any atom is -0.434 e. The largest absolute Gasteiger partial charge is 0.434 e. The number of rotatable bonds is 4. The van der Waals surface area contributed by atoms with Crippen molar-refractivity contribution < 1.29 is 18.6 Å². The van der Waals surface area contributed by atoms with Crippen LogP contribution in [0.5, 0.6) is 5.75 Å². The summed E-state index contributed by atoms with van der Waals surface area (Å²) in [5.74, 6) is 0.000833.